The maximum absolute atomic E-state index is 13.3. The maximum atomic E-state index is 13.3. The molecule has 1 amide bonds. The average Bonchev–Trinajstić information content (AvgIpc) is 3.48. The van der Waals surface area contributed by atoms with Gasteiger partial charge in [-0.25, -0.2) is 12.8 Å². The number of rotatable bonds is 7. The Hall–Kier alpha value is -1.22. The van der Waals surface area contributed by atoms with Crippen molar-refractivity contribution in [1.82, 2.24) is 14.1 Å². The van der Waals surface area contributed by atoms with E-state index in [1.165, 1.54) is 10.4 Å². The number of halogens is 2. The summed E-state index contributed by atoms with van der Waals surface area (Å²) in [6, 6.07) is 3.91. The first-order valence-corrected chi connectivity index (χ1v) is 11.5. The molecule has 156 valence electrons. The first-order chi connectivity index (χ1) is 13.2. The molecule has 0 radical (unpaired) electrons. The Morgan fingerprint density at radius 2 is 1.89 bits per heavy atom. The summed E-state index contributed by atoms with van der Waals surface area (Å²) in [4.78, 5) is 16.6. The lowest BCUT2D eigenvalue weighted by molar-refractivity contribution is -0.133. The number of carbonyl (C=O) groups is 1. The lowest BCUT2D eigenvalue weighted by Crippen LogP contribution is -2.53. The van der Waals surface area contributed by atoms with Crippen molar-refractivity contribution in [2.75, 3.05) is 39.3 Å². The largest absolute Gasteiger partial charge is 0.339 e. The van der Waals surface area contributed by atoms with Crippen molar-refractivity contribution in [1.29, 1.82) is 0 Å². The summed E-state index contributed by atoms with van der Waals surface area (Å²) >= 11 is 5.72. The molecule has 0 unspecified atom stereocenters. The summed E-state index contributed by atoms with van der Waals surface area (Å²) in [5, 5.41) is -0.222. The third kappa shape index (κ3) is 5.03. The number of piperazine rings is 1. The van der Waals surface area contributed by atoms with Crippen LogP contribution in [0.15, 0.2) is 23.1 Å². The van der Waals surface area contributed by atoms with E-state index in [1.807, 2.05) is 0 Å². The van der Waals surface area contributed by atoms with Crippen molar-refractivity contribution in [3.05, 3.63) is 29.0 Å². The number of benzene rings is 1. The van der Waals surface area contributed by atoms with Gasteiger partial charge in [0.1, 0.15) is 5.82 Å². The first kappa shape index (κ1) is 21.5. The van der Waals surface area contributed by atoms with Crippen LogP contribution in [0.5, 0.6) is 0 Å². The highest BCUT2D eigenvalue weighted by Gasteiger charge is 2.34. The molecule has 1 saturated heterocycles. The van der Waals surface area contributed by atoms with Gasteiger partial charge < -0.3 is 4.90 Å². The van der Waals surface area contributed by atoms with E-state index in [0.29, 0.717) is 31.6 Å². The Morgan fingerprint density at radius 3 is 2.43 bits per heavy atom. The predicted octanol–water partition coefficient (Wildman–Crippen LogP) is 2.43. The van der Waals surface area contributed by atoms with Crippen LogP contribution in [-0.4, -0.2) is 73.7 Å². The third-order valence-electron chi connectivity index (χ3n) is 5.12. The molecule has 1 saturated carbocycles. The van der Waals surface area contributed by atoms with Gasteiger partial charge in [-0.1, -0.05) is 25.4 Å². The molecule has 28 heavy (non-hydrogen) atoms. The molecule has 3 rings (SSSR count). The zero-order chi connectivity index (χ0) is 20.5. The van der Waals surface area contributed by atoms with Crippen LogP contribution >= 0.6 is 11.6 Å². The summed E-state index contributed by atoms with van der Waals surface area (Å²) in [5.41, 5.74) is 0. The number of hydrogen-bond donors (Lipinski definition) is 0. The van der Waals surface area contributed by atoms with Crippen molar-refractivity contribution in [3.8, 4) is 0 Å². The summed E-state index contributed by atoms with van der Waals surface area (Å²) in [5.74, 6) is -0.106. The molecule has 0 bridgehead atoms. The van der Waals surface area contributed by atoms with Crippen LogP contribution in [0.25, 0.3) is 0 Å². The number of nitrogens with zero attached hydrogens (tertiary/aromatic N) is 3. The number of hydrogen-bond acceptors (Lipinski definition) is 4. The third-order valence-corrected chi connectivity index (χ3v) is 7.31. The molecule has 2 fully saturated rings. The summed E-state index contributed by atoms with van der Waals surface area (Å²) in [7, 11) is -3.76. The quantitative estimate of drug-likeness (QED) is 0.665. The van der Waals surface area contributed by atoms with E-state index in [4.69, 9.17) is 11.6 Å². The van der Waals surface area contributed by atoms with E-state index < -0.39 is 15.8 Å². The molecule has 6 nitrogen and oxygen atoms in total. The maximum Gasteiger partial charge on any atom is 0.243 e. The number of carbonyl (C=O) groups excluding carboxylic acids is 1. The van der Waals surface area contributed by atoms with E-state index in [1.54, 1.807) is 4.90 Å². The normalized spacial score (nSPS) is 18.9. The van der Waals surface area contributed by atoms with Gasteiger partial charge >= 0.3 is 0 Å². The topological polar surface area (TPSA) is 60.9 Å². The molecule has 0 atom stereocenters. The fraction of sp³-hybridized carbons (Fsp3) is 0.632. The molecule has 1 aliphatic heterocycles. The van der Waals surface area contributed by atoms with Gasteiger partial charge in [0.2, 0.25) is 15.9 Å². The molecule has 1 aromatic rings. The van der Waals surface area contributed by atoms with Crippen molar-refractivity contribution in [2.45, 2.75) is 37.6 Å². The van der Waals surface area contributed by atoms with Gasteiger partial charge in [0.15, 0.2) is 0 Å². The van der Waals surface area contributed by atoms with Crippen molar-refractivity contribution < 1.29 is 17.6 Å². The minimum Gasteiger partial charge on any atom is -0.339 e. The molecule has 0 aromatic heterocycles. The molecule has 0 N–H and O–H groups in total. The Bertz CT molecular complexity index is 822. The lowest BCUT2D eigenvalue weighted by atomic mass is 10.2. The van der Waals surface area contributed by atoms with E-state index >= 15 is 0 Å². The van der Waals surface area contributed by atoms with E-state index in [0.717, 1.165) is 31.5 Å². The molecule has 1 aromatic carbocycles. The molecule has 0 spiro atoms. The van der Waals surface area contributed by atoms with Crippen LogP contribution in [0.3, 0.4) is 0 Å². The smallest absolute Gasteiger partial charge is 0.243 e. The van der Waals surface area contributed by atoms with E-state index in [9.17, 15) is 17.6 Å². The number of amides is 1. The second kappa shape index (κ2) is 8.65. The summed E-state index contributed by atoms with van der Waals surface area (Å²) in [6.45, 7) is 6.73. The molecular weight excluding hydrogens is 405 g/mol. The fourth-order valence-corrected chi connectivity index (χ4v) is 5.18. The monoisotopic (exact) mass is 431 g/mol. The predicted molar refractivity (Wildman–Crippen MR) is 106 cm³/mol. The summed E-state index contributed by atoms with van der Waals surface area (Å²) < 4.78 is 40.2. The summed E-state index contributed by atoms with van der Waals surface area (Å²) in [6.07, 6.45) is 2.29. The Kier molecular flexibility index (Phi) is 6.64. The van der Waals surface area contributed by atoms with Crippen molar-refractivity contribution in [2.24, 2.45) is 5.92 Å². The Morgan fingerprint density at radius 1 is 1.25 bits per heavy atom. The van der Waals surface area contributed by atoms with E-state index in [2.05, 4.69) is 18.7 Å². The second-order valence-corrected chi connectivity index (χ2v) is 10.3. The second-order valence-electron chi connectivity index (χ2n) is 7.92. The molecule has 1 heterocycles. The van der Waals surface area contributed by atoms with Gasteiger partial charge in [0, 0.05) is 38.8 Å². The molecule has 1 aliphatic carbocycles. The van der Waals surface area contributed by atoms with Gasteiger partial charge in [0.25, 0.3) is 0 Å². The highest BCUT2D eigenvalue weighted by atomic mass is 35.5. The van der Waals surface area contributed by atoms with Crippen LogP contribution in [-0.2, 0) is 14.8 Å². The van der Waals surface area contributed by atoms with Gasteiger partial charge in [0.05, 0.1) is 16.5 Å². The lowest BCUT2D eigenvalue weighted by Gasteiger charge is -2.35. The van der Waals surface area contributed by atoms with Gasteiger partial charge in [-0.05, 0) is 37.0 Å². The van der Waals surface area contributed by atoms with Gasteiger partial charge in [-0.2, -0.15) is 4.31 Å². The minimum atomic E-state index is -3.76. The van der Waals surface area contributed by atoms with E-state index in [-0.39, 0.29) is 28.9 Å². The average molecular weight is 432 g/mol. The zero-order valence-corrected chi connectivity index (χ0v) is 17.8. The SMILES string of the molecule is CC(C)CN(CC(=O)N1CCN(S(=O)(=O)c2ccc(F)c(Cl)c2)CC1)C1CC1. The van der Waals surface area contributed by atoms with Gasteiger partial charge in [-0.15, -0.1) is 0 Å². The van der Waals surface area contributed by atoms with Gasteiger partial charge in [-0.3, -0.25) is 9.69 Å². The van der Waals surface area contributed by atoms with Crippen molar-refractivity contribution >= 4 is 27.5 Å². The van der Waals surface area contributed by atoms with Crippen LogP contribution in [0, 0.1) is 11.7 Å². The highest BCUT2D eigenvalue weighted by molar-refractivity contribution is 7.89. The molecule has 9 heteroatoms. The van der Waals surface area contributed by atoms with Crippen LogP contribution in [0.1, 0.15) is 26.7 Å². The minimum absolute atomic E-state index is 0.0319. The Labute approximate surface area is 171 Å². The first-order valence-electron chi connectivity index (χ1n) is 9.65. The number of sulfonamides is 1. The van der Waals surface area contributed by atoms with Crippen LogP contribution in [0.4, 0.5) is 4.39 Å². The van der Waals surface area contributed by atoms with Crippen LogP contribution in [0.2, 0.25) is 5.02 Å². The molecular formula is C19H27ClFN3O3S. The Balaban J connectivity index is 1.58. The molecule has 2 aliphatic rings. The fourth-order valence-electron chi connectivity index (χ4n) is 3.49. The van der Waals surface area contributed by atoms with Crippen LogP contribution < -0.4 is 0 Å². The zero-order valence-electron chi connectivity index (χ0n) is 16.3. The van der Waals surface area contributed by atoms with Crippen molar-refractivity contribution in [3.63, 3.8) is 0 Å². The highest BCUT2D eigenvalue weighted by Crippen LogP contribution is 2.28. The standard InChI is InChI=1S/C19H27ClFN3O3S/c1-14(2)12-23(15-3-4-15)13-19(25)22-7-9-24(10-8-22)28(26,27)16-5-6-18(21)17(20)11-16/h5-6,11,14-15H,3-4,7-10,12-13H2,1-2H3.